The monoisotopic (exact) mass is 233 g/mol. The highest BCUT2D eigenvalue weighted by atomic mass is 15.0. The van der Waals surface area contributed by atoms with Crippen LogP contribution in [0.3, 0.4) is 0 Å². The van der Waals surface area contributed by atoms with Gasteiger partial charge in [-0.15, -0.1) is 6.58 Å². The van der Waals surface area contributed by atoms with Crippen LogP contribution >= 0.6 is 0 Å². The topological polar surface area (TPSA) is 37.8 Å². The van der Waals surface area contributed by atoms with E-state index >= 15 is 0 Å². The molecule has 0 fully saturated rings. The highest BCUT2D eigenvalue weighted by Crippen LogP contribution is 2.13. The van der Waals surface area contributed by atoms with E-state index in [2.05, 4.69) is 42.6 Å². The lowest BCUT2D eigenvalue weighted by molar-refractivity contribution is 0.658. The number of nitrogens with zero attached hydrogens (tertiary/aromatic N) is 2. The predicted molar refractivity (Wildman–Crippen MR) is 73.3 cm³/mol. The molecule has 1 unspecified atom stereocenters. The Morgan fingerprint density at radius 1 is 1.41 bits per heavy atom. The van der Waals surface area contributed by atoms with Gasteiger partial charge in [0.25, 0.3) is 0 Å². The molecule has 3 nitrogen and oxygen atoms in total. The molecule has 0 aliphatic carbocycles. The second kappa shape index (κ2) is 7.05. The van der Waals surface area contributed by atoms with Crippen LogP contribution in [0.4, 0.5) is 5.82 Å². The molecule has 0 saturated carbocycles. The fraction of sp³-hybridized carbons (Fsp3) is 0.571. The quantitative estimate of drug-likeness (QED) is 0.575. The van der Waals surface area contributed by atoms with Crippen LogP contribution in [0.1, 0.15) is 51.8 Å². The Hall–Kier alpha value is -1.38. The van der Waals surface area contributed by atoms with E-state index in [4.69, 9.17) is 0 Å². The molecule has 0 bridgehead atoms. The van der Waals surface area contributed by atoms with Crippen LogP contribution in [0.2, 0.25) is 0 Å². The summed E-state index contributed by atoms with van der Waals surface area (Å²) in [4.78, 5) is 8.76. The summed E-state index contributed by atoms with van der Waals surface area (Å²) < 4.78 is 0. The number of anilines is 1. The average Bonchev–Trinajstić information content (AvgIpc) is 2.29. The molecule has 0 aromatic carbocycles. The summed E-state index contributed by atoms with van der Waals surface area (Å²) in [6.45, 7) is 10.1. The minimum atomic E-state index is 0.368. The van der Waals surface area contributed by atoms with Gasteiger partial charge in [0, 0.05) is 18.2 Å². The summed E-state index contributed by atoms with van der Waals surface area (Å²) in [5, 5.41) is 3.41. The first kappa shape index (κ1) is 13.7. The summed E-state index contributed by atoms with van der Waals surface area (Å²) >= 11 is 0. The van der Waals surface area contributed by atoms with Crippen molar-refractivity contribution in [3.8, 4) is 0 Å². The zero-order chi connectivity index (χ0) is 12.7. The Morgan fingerprint density at radius 3 is 2.82 bits per heavy atom. The maximum atomic E-state index is 4.50. The Bertz CT molecular complexity index is 347. The van der Waals surface area contributed by atoms with Crippen LogP contribution in [0.25, 0.3) is 0 Å². The van der Waals surface area contributed by atoms with E-state index in [9.17, 15) is 0 Å². The third-order valence-corrected chi connectivity index (χ3v) is 2.63. The number of allylic oxidation sites excluding steroid dienone is 1. The molecule has 0 aliphatic rings. The lowest BCUT2D eigenvalue weighted by Crippen LogP contribution is -2.16. The normalized spacial score (nSPS) is 12.5. The Morgan fingerprint density at radius 2 is 2.18 bits per heavy atom. The van der Waals surface area contributed by atoms with Crippen molar-refractivity contribution in [3.63, 3.8) is 0 Å². The second-order valence-electron chi connectivity index (χ2n) is 4.72. The van der Waals surface area contributed by atoms with Crippen LogP contribution in [-0.4, -0.2) is 16.0 Å². The zero-order valence-electron chi connectivity index (χ0n) is 11.1. The molecule has 0 aliphatic heterocycles. The molecule has 94 valence electrons. The van der Waals surface area contributed by atoms with Crippen LogP contribution in [0.5, 0.6) is 0 Å². The van der Waals surface area contributed by atoms with Crippen molar-refractivity contribution in [2.24, 2.45) is 0 Å². The number of hydrogen-bond donors (Lipinski definition) is 1. The van der Waals surface area contributed by atoms with Gasteiger partial charge in [-0.05, 0) is 32.3 Å². The first-order chi connectivity index (χ1) is 8.13. The Kier molecular flexibility index (Phi) is 5.67. The fourth-order valence-corrected chi connectivity index (χ4v) is 1.63. The smallest absolute Gasteiger partial charge is 0.133 e. The van der Waals surface area contributed by atoms with E-state index in [0.717, 1.165) is 24.5 Å². The van der Waals surface area contributed by atoms with Crippen molar-refractivity contribution < 1.29 is 0 Å². The van der Waals surface area contributed by atoms with Crippen LogP contribution in [0.15, 0.2) is 24.9 Å². The molecule has 0 saturated heterocycles. The lowest BCUT2D eigenvalue weighted by Gasteiger charge is -2.14. The molecule has 1 aromatic heterocycles. The van der Waals surface area contributed by atoms with Gasteiger partial charge in [-0.2, -0.15) is 0 Å². The van der Waals surface area contributed by atoms with Crippen molar-refractivity contribution in [3.05, 3.63) is 30.7 Å². The minimum Gasteiger partial charge on any atom is -0.368 e. The largest absolute Gasteiger partial charge is 0.368 e. The van der Waals surface area contributed by atoms with E-state index in [1.54, 1.807) is 0 Å². The Balaban J connectivity index is 2.49. The van der Waals surface area contributed by atoms with Gasteiger partial charge in [-0.3, -0.25) is 0 Å². The second-order valence-corrected chi connectivity index (χ2v) is 4.72. The first-order valence-electron chi connectivity index (χ1n) is 6.34. The number of unbranched alkanes of at least 4 members (excludes halogenated alkanes) is 1. The number of aromatic nitrogens is 2. The first-order valence-corrected chi connectivity index (χ1v) is 6.34. The molecule has 17 heavy (non-hydrogen) atoms. The molecule has 0 radical (unpaired) electrons. The molecule has 0 spiro atoms. The Labute approximate surface area is 104 Å². The molecular weight excluding hydrogens is 210 g/mol. The van der Waals surface area contributed by atoms with Gasteiger partial charge in [-0.25, -0.2) is 9.97 Å². The maximum absolute atomic E-state index is 4.50. The summed E-state index contributed by atoms with van der Waals surface area (Å²) in [5.74, 6) is 2.19. The summed E-state index contributed by atoms with van der Waals surface area (Å²) in [5.41, 5.74) is 0. The lowest BCUT2D eigenvalue weighted by atomic mass is 10.1. The van der Waals surface area contributed by atoms with E-state index < -0.39 is 0 Å². The molecule has 1 N–H and O–H groups in total. The fourth-order valence-electron chi connectivity index (χ4n) is 1.63. The SMILES string of the molecule is C=CCCCC(C)Nc1ccnc(C(C)C)n1. The molecule has 1 atom stereocenters. The number of rotatable bonds is 7. The summed E-state index contributed by atoms with van der Waals surface area (Å²) in [7, 11) is 0. The van der Waals surface area contributed by atoms with E-state index in [1.165, 1.54) is 6.42 Å². The molecule has 1 rings (SSSR count). The molecule has 3 heteroatoms. The van der Waals surface area contributed by atoms with Gasteiger partial charge in [-0.1, -0.05) is 19.9 Å². The van der Waals surface area contributed by atoms with E-state index in [1.807, 2.05) is 18.3 Å². The van der Waals surface area contributed by atoms with Crippen molar-refractivity contribution in [2.75, 3.05) is 5.32 Å². The van der Waals surface area contributed by atoms with Crippen LogP contribution in [-0.2, 0) is 0 Å². The van der Waals surface area contributed by atoms with E-state index in [-0.39, 0.29) is 0 Å². The average molecular weight is 233 g/mol. The molecule has 0 amide bonds. The summed E-state index contributed by atoms with van der Waals surface area (Å²) in [6, 6.07) is 2.36. The van der Waals surface area contributed by atoms with Crippen molar-refractivity contribution in [1.29, 1.82) is 0 Å². The predicted octanol–water partition coefficient (Wildman–Crippen LogP) is 3.76. The van der Waals surface area contributed by atoms with Crippen molar-refractivity contribution >= 4 is 5.82 Å². The van der Waals surface area contributed by atoms with Gasteiger partial charge < -0.3 is 5.32 Å². The van der Waals surface area contributed by atoms with Crippen molar-refractivity contribution in [2.45, 2.75) is 52.0 Å². The standard InChI is InChI=1S/C14H23N3/c1-5-6-7-8-12(4)16-13-9-10-15-14(17-13)11(2)3/h5,9-12H,1,6-8H2,2-4H3,(H,15,16,17). The highest BCUT2D eigenvalue weighted by molar-refractivity contribution is 5.34. The zero-order valence-corrected chi connectivity index (χ0v) is 11.1. The van der Waals surface area contributed by atoms with E-state index in [0.29, 0.717) is 12.0 Å². The third-order valence-electron chi connectivity index (χ3n) is 2.63. The minimum absolute atomic E-state index is 0.368. The highest BCUT2D eigenvalue weighted by Gasteiger charge is 2.06. The van der Waals surface area contributed by atoms with Crippen LogP contribution in [0, 0.1) is 0 Å². The van der Waals surface area contributed by atoms with Crippen molar-refractivity contribution in [1.82, 2.24) is 9.97 Å². The summed E-state index contributed by atoms with van der Waals surface area (Å²) in [6.07, 6.45) is 7.16. The van der Waals surface area contributed by atoms with Gasteiger partial charge >= 0.3 is 0 Å². The number of hydrogen-bond acceptors (Lipinski definition) is 3. The number of nitrogens with one attached hydrogen (secondary N) is 1. The van der Waals surface area contributed by atoms with Crippen LogP contribution < -0.4 is 5.32 Å². The van der Waals surface area contributed by atoms with Gasteiger partial charge in [0.2, 0.25) is 0 Å². The van der Waals surface area contributed by atoms with Gasteiger partial charge in [0.1, 0.15) is 11.6 Å². The third kappa shape index (κ3) is 4.98. The van der Waals surface area contributed by atoms with Gasteiger partial charge in [0.15, 0.2) is 0 Å². The molecular formula is C14H23N3. The molecule has 1 aromatic rings. The molecule has 1 heterocycles. The maximum Gasteiger partial charge on any atom is 0.133 e. The van der Waals surface area contributed by atoms with Gasteiger partial charge in [0.05, 0.1) is 0 Å².